The molecule has 2 aromatic carbocycles. The summed E-state index contributed by atoms with van der Waals surface area (Å²) in [5.41, 5.74) is -0.623. The van der Waals surface area contributed by atoms with E-state index >= 15 is 0 Å². The number of methoxy groups -OCH3 is 1. The molecule has 1 aliphatic heterocycles. The Morgan fingerprint density at radius 1 is 1.19 bits per heavy atom. The number of hydrogen-bond acceptors (Lipinski definition) is 6. The average Bonchev–Trinajstić information content (AvgIpc) is 2.74. The van der Waals surface area contributed by atoms with Crippen LogP contribution in [0.5, 0.6) is 5.75 Å². The van der Waals surface area contributed by atoms with Crippen LogP contribution in [0.25, 0.3) is 0 Å². The molecular weight excluding hydrogens is 451 g/mol. The molecular formula is C20H22F3N3O5S. The third-order valence-electron chi connectivity index (χ3n) is 5.23. The second-order valence-corrected chi connectivity index (χ2v) is 9.17. The summed E-state index contributed by atoms with van der Waals surface area (Å²) in [5, 5.41) is 11.2. The highest BCUT2D eigenvalue weighted by atomic mass is 32.2. The summed E-state index contributed by atoms with van der Waals surface area (Å²) in [5.74, 6) is -0.0446. The van der Waals surface area contributed by atoms with Crippen LogP contribution in [-0.4, -0.2) is 44.5 Å². The summed E-state index contributed by atoms with van der Waals surface area (Å²) in [4.78, 5) is 12.2. The molecule has 3 rings (SSSR count). The molecule has 0 unspecified atom stereocenters. The second kappa shape index (κ2) is 9.43. The van der Waals surface area contributed by atoms with E-state index in [-0.39, 0.29) is 16.7 Å². The molecule has 0 radical (unpaired) electrons. The second-order valence-electron chi connectivity index (χ2n) is 7.46. The lowest BCUT2D eigenvalue weighted by Gasteiger charge is -2.32. The quantitative estimate of drug-likeness (QED) is 0.487. The van der Waals surface area contributed by atoms with Gasteiger partial charge in [-0.15, -0.1) is 0 Å². The lowest BCUT2D eigenvalue weighted by Crippen LogP contribution is -2.44. The number of halogens is 3. The van der Waals surface area contributed by atoms with E-state index in [4.69, 9.17) is 4.74 Å². The van der Waals surface area contributed by atoms with Crippen LogP contribution in [0.1, 0.15) is 24.0 Å². The maximum Gasteiger partial charge on any atom is 0.416 e. The van der Waals surface area contributed by atoms with Gasteiger partial charge in [-0.2, -0.15) is 13.2 Å². The van der Waals surface area contributed by atoms with Crippen LogP contribution < -0.4 is 9.46 Å². The summed E-state index contributed by atoms with van der Waals surface area (Å²) < 4.78 is 71.5. The van der Waals surface area contributed by atoms with Gasteiger partial charge in [0, 0.05) is 31.7 Å². The highest BCUT2D eigenvalue weighted by molar-refractivity contribution is 7.89. The van der Waals surface area contributed by atoms with Gasteiger partial charge in [0.15, 0.2) is 5.75 Å². The number of nitrogens with one attached hydrogen (secondary N) is 1. The van der Waals surface area contributed by atoms with Crippen molar-refractivity contribution in [3.8, 4) is 5.75 Å². The number of likely N-dealkylation sites (tertiary alicyclic amines) is 1. The van der Waals surface area contributed by atoms with Gasteiger partial charge >= 0.3 is 11.9 Å². The molecule has 0 bridgehead atoms. The molecule has 0 spiro atoms. The number of ether oxygens (including phenoxy) is 1. The predicted octanol–water partition coefficient (Wildman–Crippen LogP) is 3.57. The van der Waals surface area contributed by atoms with Crippen molar-refractivity contribution in [2.75, 3.05) is 20.2 Å². The zero-order chi connectivity index (χ0) is 23.5. The number of hydrogen-bond donors (Lipinski definition) is 1. The van der Waals surface area contributed by atoms with Gasteiger partial charge in [0.2, 0.25) is 10.0 Å². The van der Waals surface area contributed by atoms with E-state index in [2.05, 4.69) is 4.72 Å². The van der Waals surface area contributed by atoms with Crippen molar-refractivity contribution in [1.29, 1.82) is 0 Å². The summed E-state index contributed by atoms with van der Waals surface area (Å²) >= 11 is 0. The lowest BCUT2D eigenvalue weighted by molar-refractivity contribution is -0.386. The molecule has 1 N–H and O–H groups in total. The summed E-state index contributed by atoms with van der Waals surface area (Å²) in [6, 6.07) is 8.15. The zero-order valence-electron chi connectivity index (χ0n) is 17.1. The monoisotopic (exact) mass is 473 g/mol. The van der Waals surface area contributed by atoms with Crippen LogP contribution in [0.2, 0.25) is 0 Å². The largest absolute Gasteiger partial charge is 0.490 e. The smallest absolute Gasteiger partial charge is 0.416 e. The Kier molecular flexibility index (Phi) is 7.06. The molecule has 12 heteroatoms. The third-order valence-corrected chi connectivity index (χ3v) is 6.75. The van der Waals surface area contributed by atoms with E-state index in [1.807, 2.05) is 4.90 Å². The Bertz CT molecular complexity index is 1080. The number of rotatable bonds is 7. The number of benzene rings is 2. The van der Waals surface area contributed by atoms with E-state index in [0.717, 1.165) is 18.2 Å². The number of piperidine rings is 1. The van der Waals surface area contributed by atoms with Crippen LogP contribution in [0.15, 0.2) is 47.4 Å². The molecule has 1 saturated heterocycles. The average molecular weight is 473 g/mol. The molecule has 32 heavy (non-hydrogen) atoms. The predicted molar refractivity (Wildman–Crippen MR) is 110 cm³/mol. The summed E-state index contributed by atoms with van der Waals surface area (Å²) in [7, 11) is -2.74. The normalized spacial score (nSPS) is 16.1. The lowest BCUT2D eigenvalue weighted by atomic mass is 10.0. The third kappa shape index (κ3) is 5.75. The molecule has 1 aliphatic rings. The Hall–Kier alpha value is -2.70. The maximum atomic E-state index is 12.9. The minimum Gasteiger partial charge on any atom is -0.490 e. The highest BCUT2D eigenvalue weighted by Gasteiger charge is 2.31. The Morgan fingerprint density at radius 3 is 2.47 bits per heavy atom. The van der Waals surface area contributed by atoms with Crippen LogP contribution in [0, 0.1) is 10.1 Å². The Balaban J connectivity index is 1.61. The van der Waals surface area contributed by atoms with Crippen molar-refractivity contribution in [3.63, 3.8) is 0 Å². The summed E-state index contributed by atoms with van der Waals surface area (Å²) in [6.07, 6.45) is -3.50. The number of nitro benzene ring substituents is 1. The molecule has 8 nitrogen and oxygen atoms in total. The fourth-order valence-corrected chi connectivity index (χ4v) is 4.90. The molecule has 0 amide bonds. The van der Waals surface area contributed by atoms with Crippen molar-refractivity contribution >= 4 is 15.7 Å². The first-order valence-electron chi connectivity index (χ1n) is 9.73. The molecule has 2 aromatic rings. The molecule has 0 saturated carbocycles. The first kappa shape index (κ1) is 24.0. The van der Waals surface area contributed by atoms with E-state index in [9.17, 15) is 31.7 Å². The fourth-order valence-electron chi connectivity index (χ4n) is 3.58. The molecule has 0 aromatic heterocycles. The van der Waals surface area contributed by atoms with Crippen molar-refractivity contribution in [2.24, 2.45) is 0 Å². The molecule has 174 valence electrons. The number of sulfonamides is 1. The van der Waals surface area contributed by atoms with Gasteiger partial charge in [0.1, 0.15) is 0 Å². The number of alkyl halides is 3. The molecule has 0 atom stereocenters. The van der Waals surface area contributed by atoms with Gasteiger partial charge in [-0.1, -0.05) is 18.2 Å². The first-order chi connectivity index (χ1) is 15.0. The topological polar surface area (TPSA) is 102 Å². The van der Waals surface area contributed by atoms with Crippen molar-refractivity contribution in [2.45, 2.75) is 36.5 Å². The van der Waals surface area contributed by atoms with E-state index in [1.165, 1.54) is 25.3 Å². The SMILES string of the molecule is COc1ccc(S(=O)(=O)NC2CCN(Cc3cccc(C(F)(F)F)c3)CC2)cc1[N+](=O)[O-]. The summed E-state index contributed by atoms with van der Waals surface area (Å²) in [6.45, 7) is 1.31. The molecule has 1 fully saturated rings. The minimum atomic E-state index is -4.40. The first-order valence-corrected chi connectivity index (χ1v) is 11.2. The van der Waals surface area contributed by atoms with Gasteiger partial charge in [0.05, 0.1) is 22.5 Å². The standard InChI is InChI=1S/C20H22F3N3O5S/c1-31-19-6-5-17(12-18(19)26(27)28)32(29,30)24-16-7-9-25(10-8-16)13-14-3-2-4-15(11-14)20(21,22)23/h2-6,11-12,16,24H,7-10,13H2,1H3. The maximum absolute atomic E-state index is 12.9. The van der Waals surface area contributed by atoms with Gasteiger partial charge < -0.3 is 4.74 Å². The van der Waals surface area contributed by atoms with Gasteiger partial charge in [-0.05, 0) is 36.6 Å². The highest BCUT2D eigenvalue weighted by Crippen LogP contribution is 2.31. The number of nitro groups is 1. The van der Waals surface area contributed by atoms with Crippen LogP contribution >= 0.6 is 0 Å². The Morgan fingerprint density at radius 2 is 1.88 bits per heavy atom. The van der Waals surface area contributed by atoms with Crippen molar-refractivity contribution < 1.29 is 31.2 Å². The van der Waals surface area contributed by atoms with Crippen LogP contribution in [-0.2, 0) is 22.7 Å². The van der Waals surface area contributed by atoms with Gasteiger partial charge in [-0.3, -0.25) is 15.0 Å². The van der Waals surface area contributed by atoms with Crippen LogP contribution in [0.3, 0.4) is 0 Å². The zero-order valence-corrected chi connectivity index (χ0v) is 17.9. The molecule has 1 heterocycles. The fraction of sp³-hybridized carbons (Fsp3) is 0.400. The van der Waals surface area contributed by atoms with E-state index in [0.29, 0.717) is 38.0 Å². The van der Waals surface area contributed by atoms with Crippen LogP contribution in [0.4, 0.5) is 18.9 Å². The number of nitrogens with zero attached hydrogens (tertiary/aromatic N) is 2. The minimum absolute atomic E-state index is 0.0446. The van der Waals surface area contributed by atoms with Crippen molar-refractivity contribution in [3.05, 3.63) is 63.7 Å². The van der Waals surface area contributed by atoms with Gasteiger partial charge in [-0.25, -0.2) is 13.1 Å². The van der Waals surface area contributed by atoms with E-state index < -0.39 is 32.4 Å². The van der Waals surface area contributed by atoms with Gasteiger partial charge in [0.25, 0.3) is 0 Å². The Labute approximate surface area is 183 Å². The van der Waals surface area contributed by atoms with Crippen molar-refractivity contribution in [1.82, 2.24) is 9.62 Å². The van der Waals surface area contributed by atoms with E-state index in [1.54, 1.807) is 6.07 Å². The molecule has 0 aliphatic carbocycles.